The first kappa shape index (κ1) is 17.9. The third-order valence-electron chi connectivity index (χ3n) is 3.81. The lowest BCUT2D eigenvalue weighted by molar-refractivity contribution is -0.135. The van der Waals surface area contributed by atoms with Gasteiger partial charge in [-0.3, -0.25) is 9.59 Å². The van der Waals surface area contributed by atoms with Crippen LogP contribution in [0.5, 0.6) is 5.75 Å². The number of hydrogen-bond acceptors (Lipinski definition) is 4. The van der Waals surface area contributed by atoms with E-state index in [0.717, 1.165) is 22.0 Å². The molecule has 0 radical (unpaired) electrons. The molecule has 0 unspecified atom stereocenters. The Morgan fingerprint density at radius 1 is 1.21 bits per heavy atom. The van der Waals surface area contributed by atoms with Crippen molar-refractivity contribution in [3.05, 3.63) is 29.0 Å². The van der Waals surface area contributed by atoms with E-state index in [-0.39, 0.29) is 11.4 Å². The highest BCUT2D eigenvalue weighted by molar-refractivity contribution is 6.57. The summed E-state index contributed by atoms with van der Waals surface area (Å²) >= 11 is 6.23. The third-order valence-corrected chi connectivity index (χ3v) is 4.21. The molecule has 2 aromatic rings. The molecule has 0 bridgehead atoms. The molecule has 1 heterocycles. The van der Waals surface area contributed by atoms with Crippen LogP contribution in [-0.2, 0) is 4.79 Å². The van der Waals surface area contributed by atoms with Gasteiger partial charge in [-0.15, -0.1) is 0 Å². The average Bonchev–Trinajstić information content (AvgIpc) is 2.51. The van der Waals surface area contributed by atoms with E-state index < -0.39 is 18.4 Å². The summed E-state index contributed by atoms with van der Waals surface area (Å²) in [6.45, 7) is -0.548. The first-order valence-corrected chi connectivity index (χ1v) is 7.55. The molecule has 1 aromatic carbocycles. The van der Waals surface area contributed by atoms with Crippen molar-refractivity contribution in [3.63, 3.8) is 0 Å². The number of amides is 1. The Morgan fingerprint density at radius 3 is 2.46 bits per heavy atom. The van der Waals surface area contributed by atoms with Gasteiger partial charge < -0.3 is 15.5 Å². The molecule has 0 aliphatic carbocycles. The fourth-order valence-corrected chi connectivity index (χ4v) is 2.70. The van der Waals surface area contributed by atoms with Crippen molar-refractivity contribution >= 4 is 63.4 Å². The highest BCUT2D eigenvalue weighted by Gasteiger charge is 2.17. The number of benzene rings is 1. The van der Waals surface area contributed by atoms with Gasteiger partial charge in [0.15, 0.2) is 5.69 Å². The predicted octanol–water partition coefficient (Wildman–Crippen LogP) is -3.30. The smallest absolute Gasteiger partial charge is 0.322 e. The highest BCUT2D eigenvalue weighted by Crippen LogP contribution is 2.23. The normalized spacial score (nSPS) is 10.4. The standard InChI is InChI=1S/C14H14B3ClN2O4/c15-6-2-7(18)12(17)10(11(6)16)5-1-8(21)13(19-3-5)14(24)20-4-9(22)23/h1-3,21H,4,15-17H2,(H,20,24)(H,22,23). The fourth-order valence-electron chi connectivity index (χ4n) is 2.44. The minimum Gasteiger partial charge on any atom is -0.505 e. The van der Waals surface area contributed by atoms with Crippen LogP contribution in [0.2, 0.25) is 5.02 Å². The van der Waals surface area contributed by atoms with E-state index >= 15 is 0 Å². The van der Waals surface area contributed by atoms with Gasteiger partial charge in [0, 0.05) is 16.8 Å². The predicted molar refractivity (Wildman–Crippen MR) is 101 cm³/mol. The Kier molecular flexibility index (Phi) is 5.24. The molecule has 3 N–H and O–H groups in total. The lowest BCUT2D eigenvalue weighted by atomic mass is 9.71. The first-order chi connectivity index (χ1) is 11.2. The summed E-state index contributed by atoms with van der Waals surface area (Å²) in [6.07, 6.45) is 1.46. The topological polar surface area (TPSA) is 99.5 Å². The Bertz CT molecular complexity index is 819. The summed E-state index contributed by atoms with van der Waals surface area (Å²) in [4.78, 5) is 26.3. The number of carbonyl (C=O) groups is 2. The minimum atomic E-state index is -1.18. The van der Waals surface area contributed by atoms with Crippen LogP contribution in [0.15, 0.2) is 18.3 Å². The number of hydrogen-bond donors (Lipinski definition) is 3. The van der Waals surface area contributed by atoms with Crippen molar-refractivity contribution < 1.29 is 19.8 Å². The molecule has 0 aliphatic heterocycles. The molecule has 1 aromatic heterocycles. The van der Waals surface area contributed by atoms with E-state index in [9.17, 15) is 14.7 Å². The van der Waals surface area contributed by atoms with Crippen LogP contribution >= 0.6 is 11.6 Å². The van der Waals surface area contributed by atoms with E-state index in [1.54, 1.807) is 0 Å². The Labute approximate surface area is 146 Å². The second kappa shape index (κ2) is 7.01. The lowest BCUT2D eigenvalue weighted by Gasteiger charge is -2.16. The molecule has 10 heteroatoms. The van der Waals surface area contributed by atoms with Gasteiger partial charge in [0.05, 0.1) is 0 Å². The van der Waals surface area contributed by atoms with E-state index in [2.05, 4.69) is 10.3 Å². The Balaban J connectivity index is 2.44. The van der Waals surface area contributed by atoms with E-state index in [1.807, 2.05) is 29.6 Å². The van der Waals surface area contributed by atoms with Gasteiger partial charge >= 0.3 is 5.97 Å². The zero-order valence-corrected chi connectivity index (χ0v) is 14.2. The first-order valence-electron chi connectivity index (χ1n) is 7.18. The van der Waals surface area contributed by atoms with E-state index in [4.69, 9.17) is 16.7 Å². The van der Waals surface area contributed by atoms with Gasteiger partial charge in [0.25, 0.3) is 5.91 Å². The quantitative estimate of drug-likeness (QED) is 0.506. The zero-order chi connectivity index (χ0) is 18.0. The number of carboxylic acid groups (broad SMARTS) is 1. The number of aromatic hydroxyl groups is 1. The van der Waals surface area contributed by atoms with Crippen molar-refractivity contribution in [3.8, 4) is 16.9 Å². The maximum absolute atomic E-state index is 11.8. The Hall–Kier alpha value is -2.41. The molecule has 6 nitrogen and oxygen atoms in total. The number of carboxylic acids is 1. The number of pyridine rings is 1. The molecule has 0 spiro atoms. The van der Waals surface area contributed by atoms with Crippen molar-refractivity contribution in [1.82, 2.24) is 10.3 Å². The van der Waals surface area contributed by atoms with Crippen LogP contribution in [0, 0.1) is 0 Å². The maximum atomic E-state index is 11.8. The molecule has 0 saturated heterocycles. The van der Waals surface area contributed by atoms with Gasteiger partial charge in [-0.1, -0.05) is 34.1 Å². The van der Waals surface area contributed by atoms with Gasteiger partial charge in [0.2, 0.25) is 0 Å². The zero-order valence-electron chi connectivity index (χ0n) is 13.5. The summed E-state index contributed by atoms with van der Waals surface area (Å²) in [7, 11) is 5.75. The second-order valence-electron chi connectivity index (χ2n) is 5.47. The largest absolute Gasteiger partial charge is 0.505 e. The van der Waals surface area contributed by atoms with Gasteiger partial charge in [-0.2, -0.15) is 0 Å². The molecule has 0 atom stereocenters. The molecule has 120 valence electrons. The molecular formula is C14H14B3ClN2O4. The number of nitrogens with zero attached hydrogens (tertiary/aromatic N) is 1. The highest BCUT2D eigenvalue weighted by atomic mass is 35.5. The fraction of sp³-hybridized carbons (Fsp3) is 0.0714. The van der Waals surface area contributed by atoms with Crippen LogP contribution in [0.4, 0.5) is 0 Å². The molecule has 0 fully saturated rings. The number of carbonyl (C=O) groups excluding carboxylic acids is 1. The lowest BCUT2D eigenvalue weighted by Crippen LogP contribution is -2.34. The number of nitrogens with one attached hydrogen (secondary N) is 1. The number of aromatic nitrogens is 1. The molecule has 1 amide bonds. The second-order valence-corrected chi connectivity index (χ2v) is 5.88. The van der Waals surface area contributed by atoms with Gasteiger partial charge in [0.1, 0.15) is 35.8 Å². The summed E-state index contributed by atoms with van der Waals surface area (Å²) in [5.41, 5.74) is 4.10. The summed E-state index contributed by atoms with van der Waals surface area (Å²) in [5.74, 6) is -2.26. The van der Waals surface area contributed by atoms with Gasteiger partial charge in [-0.25, -0.2) is 4.98 Å². The maximum Gasteiger partial charge on any atom is 0.322 e. The van der Waals surface area contributed by atoms with Crippen LogP contribution in [-0.4, -0.2) is 57.2 Å². The molecule has 0 aliphatic rings. The van der Waals surface area contributed by atoms with E-state index in [1.165, 1.54) is 12.3 Å². The van der Waals surface area contributed by atoms with Crippen LogP contribution in [0.3, 0.4) is 0 Å². The van der Waals surface area contributed by atoms with Crippen LogP contribution in [0.25, 0.3) is 11.1 Å². The summed E-state index contributed by atoms with van der Waals surface area (Å²) in [6, 6.07) is 3.30. The SMILES string of the molecule is Bc1cc(Cl)c(B)c(-c2cnc(C(=O)NCC(=O)O)c(O)c2)c1B. The van der Waals surface area contributed by atoms with Crippen LogP contribution in [0.1, 0.15) is 10.5 Å². The monoisotopic (exact) mass is 342 g/mol. The number of aliphatic carboxylic acids is 1. The number of rotatable bonds is 4. The third kappa shape index (κ3) is 3.56. The molecule has 2 rings (SSSR count). The Morgan fingerprint density at radius 2 is 1.88 bits per heavy atom. The van der Waals surface area contributed by atoms with Gasteiger partial charge in [-0.05, 0) is 11.6 Å². The van der Waals surface area contributed by atoms with Crippen molar-refractivity contribution in [1.29, 1.82) is 0 Å². The van der Waals surface area contributed by atoms with Crippen molar-refractivity contribution in [2.75, 3.05) is 6.54 Å². The average molecular weight is 342 g/mol. The molecule has 24 heavy (non-hydrogen) atoms. The van der Waals surface area contributed by atoms with Crippen molar-refractivity contribution in [2.45, 2.75) is 0 Å². The van der Waals surface area contributed by atoms with Crippen molar-refractivity contribution in [2.24, 2.45) is 0 Å². The molecule has 0 saturated carbocycles. The minimum absolute atomic E-state index is 0.228. The summed E-state index contributed by atoms with van der Waals surface area (Å²) in [5, 5.41) is 21.4. The van der Waals surface area contributed by atoms with E-state index in [0.29, 0.717) is 10.6 Å². The number of halogens is 1. The molecular weight excluding hydrogens is 328 g/mol. The van der Waals surface area contributed by atoms with Crippen LogP contribution < -0.4 is 21.7 Å². The summed E-state index contributed by atoms with van der Waals surface area (Å²) < 4.78 is 0.